The second-order valence-corrected chi connectivity index (χ2v) is 9.53. The van der Waals surface area contributed by atoms with Gasteiger partial charge >= 0.3 is 6.03 Å². The van der Waals surface area contributed by atoms with Crippen LogP contribution in [0.4, 0.5) is 4.79 Å². The lowest BCUT2D eigenvalue weighted by atomic mass is 9.91. The molecule has 0 aliphatic rings. The number of nitrogens with one attached hydrogen (secondary N) is 4. The van der Waals surface area contributed by atoms with Crippen LogP contribution in [-0.2, 0) is 17.8 Å². The molecule has 2 aromatic heterocycles. The summed E-state index contributed by atoms with van der Waals surface area (Å²) in [6, 6.07) is 26.6. The lowest BCUT2D eigenvalue weighted by Crippen LogP contribution is -2.60. The molecule has 37 heavy (non-hydrogen) atoms. The first-order chi connectivity index (χ1) is 17.9. The summed E-state index contributed by atoms with van der Waals surface area (Å²) < 4.78 is 5.81. The molecule has 0 bridgehead atoms. The van der Waals surface area contributed by atoms with Crippen LogP contribution in [0.15, 0.2) is 95.5 Å². The number of carbonyl (C=O) groups excluding carboxylic acids is 2. The molecule has 0 spiro atoms. The van der Waals surface area contributed by atoms with Gasteiger partial charge in [0.25, 0.3) is 0 Å². The zero-order chi connectivity index (χ0) is 25.8. The van der Waals surface area contributed by atoms with Crippen molar-refractivity contribution in [3.05, 3.63) is 108 Å². The first-order valence-corrected chi connectivity index (χ1v) is 12.4. The summed E-state index contributed by atoms with van der Waals surface area (Å²) in [6.45, 7) is 3.88. The maximum Gasteiger partial charge on any atom is 0.316 e. The van der Waals surface area contributed by atoms with Gasteiger partial charge in [-0.3, -0.25) is 4.79 Å². The predicted octanol–water partition coefficient (Wildman–Crippen LogP) is 5.59. The van der Waals surface area contributed by atoms with Crippen LogP contribution in [0.3, 0.4) is 0 Å². The minimum Gasteiger partial charge on any atom is -0.459 e. The standard InChI is InChI=1S/C30H30N4O3/c1-20(21-10-4-3-5-11-21)33-28(35)30(2,17-23-18-31-26-14-8-7-13-25(23)26)34-29(36)32-19-24-16-22-12-6-9-15-27(22)37-24/h3-16,18,20,31H,17,19H2,1-2H3,(H,33,35)(H2,32,34,36). The van der Waals surface area contributed by atoms with Gasteiger partial charge in [0.05, 0.1) is 12.6 Å². The van der Waals surface area contributed by atoms with E-state index < -0.39 is 11.6 Å². The molecule has 5 rings (SSSR count). The van der Waals surface area contributed by atoms with Crippen LogP contribution >= 0.6 is 0 Å². The highest BCUT2D eigenvalue weighted by Gasteiger charge is 2.36. The van der Waals surface area contributed by atoms with E-state index in [1.807, 2.05) is 98.0 Å². The van der Waals surface area contributed by atoms with Gasteiger partial charge in [-0.25, -0.2) is 4.79 Å². The summed E-state index contributed by atoms with van der Waals surface area (Å²) in [7, 11) is 0. The third-order valence-corrected chi connectivity index (χ3v) is 6.66. The second kappa shape index (κ2) is 10.2. The maximum atomic E-state index is 13.7. The molecule has 3 amide bonds. The summed E-state index contributed by atoms with van der Waals surface area (Å²) >= 11 is 0. The van der Waals surface area contributed by atoms with E-state index in [9.17, 15) is 9.59 Å². The number of para-hydroxylation sites is 2. The van der Waals surface area contributed by atoms with Gasteiger partial charge in [0.1, 0.15) is 16.9 Å². The van der Waals surface area contributed by atoms with Crippen LogP contribution in [0.25, 0.3) is 21.9 Å². The van der Waals surface area contributed by atoms with Gasteiger partial charge in [-0.05, 0) is 43.2 Å². The van der Waals surface area contributed by atoms with E-state index in [1.54, 1.807) is 6.92 Å². The topological polar surface area (TPSA) is 99.2 Å². The zero-order valence-corrected chi connectivity index (χ0v) is 20.9. The quantitative estimate of drug-likeness (QED) is 0.226. The normalized spacial score (nSPS) is 13.7. The molecule has 0 aliphatic carbocycles. The molecule has 0 radical (unpaired) electrons. The number of rotatable bonds is 8. The fraction of sp³-hybridized carbons (Fsp3) is 0.200. The van der Waals surface area contributed by atoms with Crippen molar-refractivity contribution in [2.75, 3.05) is 0 Å². The fourth-order valence-corrected chi connectivity index (χ4v) is 4.61. The Morgan fingerprint density at radius 2 is 1.70 bits per heavy atom. The molecular weight excluding hydrogens is 464 g/mol. The van der Waals surface area contributed by atoms with Crippen LogP contribution < -0.4 is 16.0 Å². The number of fused-ring (bicyclic) bond motifs is 2. The van der Waals surface area contributed by atoms with Crippen LogP contribution in [-0.4, -0.2) is 22.5 Å². The molecule has 3 aromatic carbocycles. The number of aromatic nitrogens is 1. The van der Waals surface area contributed by atoms with E-state index >= 15 is 0 Å². The number of benzene rings is 3. The molecule has 4 N–H and O–H groups in total. The minimum absolute atomic E-state index is 0.200. The summed E-state index contributed by atoms with van der Waals surface area (Å²) in [5, 5.41) is 10.9. The number of hydrogen-bond donors (Lipinski definition) is 4. The highest BCUT2D eigenvalue weighted by molar-refractivity contribution is 5.92. The van der Waals surface area contributed by atoms with Gasteiger partial charge in [-0.15, -0.1) is 0 Å². The largest absolute Gasteiger partial charge is 0.459 e. The Kier molecular flexibility index (Phi) is 6.68. The monoisotopic (exact) mass is 494 g/mol. The summed E-state index contributed by atoms with van der Waals surface area (Å²) in [5.41, 5.74) is 2.45. The maximum absolute atomic E-state index is 13.7. The molecule has 2 unspecified atom stereocenters. The lowest BCUT2D eigenvalue weighted by molar-refractivity contribution is -0.127. The summed E-state index contributed by atoms with van der Waals surface area (Å²) in [6.07, 6.45) is 2.20. The van der Waals surface area contributed by atoms with Gasteiger partial charge < -0.3 is 25.4 Å². The van der Waals surface area contributed by atoms with Crippen molar-refractivity contribution in [1.29, 1.82) is 0 Å². The van der Waals surface area contributed by atoms with Gasteiger partial charge in [0.2, 0.25) is 5.91 Å². The number of hydrogen-bond acceptors (Lipinski definition) is 3. The van der Waals surface area contributed by atoms with E-state index in [0.717, 1.165) is 33.0 Å². The van der Waals surface area contributed by atoms with Gasteiger partial charge in [0.15, 0.2) is 0 Å². The fourth-order valence-electron chi connectivity index (χ4n) is 4.61. The first-order valence-electron chi connectivity index (χ1n) is 12.4. The van der Waals surface area contributed by atoms with Gasteiger partial charge in [0, 0.05) is 28.9 Å². The number of aromatic amines is 1. The zero-order valence-electron chi connectivity index (χ0n) is 20.9. The number of carbonyl (C=O) groups is 2. The first kappa shape index (κ1) is 24.2. The SMILES string of the molecule is CC(NC(=O)C(C)(Cc1c[nH]c2ccccc12)NC(=O)NCc1cc2ccccc2o1)c1ccccc1. The lowest BCUT2D eigenvalue weighted by Gasteiger charge is -2.31. The molecule has 0 fully saturated rings. The van der Waals surface area contributed by atoms with Crippen molar-refractivity contribution < 1.29 is 14.0 Å². The Morgan fingerprint density at radius 3 is 2.51 bits per heavy atom. The molecule has 0 saturated carbocycles. The highest BCUT2D eigenvalue weighted by Crippen LogP contribution is 2.24. The summed E-state index contributed by atoms with van der Waals surface area (Å²) in [4.78, 5) is 30.0. The third-order valence-electron chi connectivity index (χ3n) is 6.66. The Labute approximate surface area is 215 Å². The third kappa shape index (κ3) is 5.35. The van der Waals surface area contributed by atoms with Crippen molar-refractivity contribution in [1.82, 2.24) is 20.9 Å². The number of H-pyrrole nitrogens is 1. The number of furan rings is 1. The van der Waals surface area contributed by atoms with Gasteiger partial charge in [-0.2, -0.15) is 0 Å². The summed E-state index contributed by atoms with van der Waals surface area (Å²) in [5.74, 6) is 0.366. The van der Waals surface area contributed by atoms with Crippen molar-refractivity contribution >= 4 is 33.8 Å². The predicted molar refractivity (Wildman–Crippen MR) is 145 cm³/mol. The molecule has 188 valence electrons. The van der Waals surface area contributed by atoms with E-state index in [4.69, 9.17) is 4.42 Å². The number of amides is 3. The molecule has 7 nitrogen and oxygen atoms in total. The Bertz CT molecular complexity index is 1510. The Hall–Kier alpha value is -4.52. The van der Waals surface area contributed by atoms with Crippen LogP contribution in [0, 0.1) is 0 Å². The molecule has 2 atom stereocenters. The average Bonchev–Trinajstić information content (AvgIpc) is 3.51. The van der Waals surface area contributed by atoms with Crippen molar-refractivity contribution in [3.8, 4) is 0 Å². The Morgan fingerprint density at radius 1 is 0.973 bits per heavy atom. The smallest absolute Gasteiger partial charge is 0.316 e. The van der Waals surface area contributed by atoms with E-state index in [-0.39, 0.29) is 18.5 Å². The molecule has 5 aromatic rings. The van der Waals surface area contributed by atoms with Gasteiger partial charge in [-0.1, -0.05) is 66.7 Å². The molecule has 2 heterocycles. The van der Waals surface area contributed by atoms with Crippen molar-refractivity contribution in [3.63, 3.8) is 0 Å². The Balaban J connectivity index is 1.34. The highest BCUT2D eigenvalue weighted by atomic mass is 16.3. The molecule has 7 heteroatoms. The average molecular weight is 495 g/mol. The molecule has 0 saturated heterocycles. The van der Waals surface area contributed by atoms with Crippen LogP contribution in [0.5, 0.6) is 0 Å². The second-order valence-electron chi connectivity index (χ2n) is 9.53. The number of urea groups is 1. The van der Waals surface area contributed by atoms with Crippen molar-refractivity contribution in [2.45, 2.75) is 38.4 Å². The van der Waals surface area contributed by atoms with Crippen LogP contribution in [0.2, 0.25) is 0 Å². The van der Waals surface area contributed by atoms with Crippen molar-refractivity contribution in [2.24, 2.45) is 0 Å². The van der Waals surface area contributed by atoms with E-state index in [0.29, 0.717) is 12.2 Å². The van der Waals surface area contributed by atoms with Crippen LogP contribution in [0.1, 0.15) is 36.8 Å². The van der Waals surface area contributed by atoms with E-state index in [1.165, 1.54) is 0 Å². The molecular formula is C30H30N4O3. The minimum atomic E-state index is -1.22. The van der Waals surface area contributed by atoms with E-state index in [2.05, 4.69) is 20.9 Å². The molecule has 0 aliphatic heterocycles.